The zero-order valence-corrected chi connectivity index (χ0v) is 23.6. The van der Waals surface area contributed by atoms with E-state index in [1.54, 1.807) is 6.07 Å². The predicted octanol–water partition coefficient (Wildman–Crippen LogP) is 5.16. The van der Waals surface area contributed by atoms with Gasteiger partial charge in [-0.2, -0.15) is 0 Å². The van der Waals surface area contributed by atoms with Crippen molar-refractivity contribution >= 4 is 45.2 Å². The molecule has 0 radical (unpaired) electrons. The number of nitrogens with zero attached hydrogens (tertiary/aromatic N) is 2. The first-order chi connectivity index (χ1) is 19.1. The number of nitrogens with one attached hydrogen (secondary N) is 2. The molecule has 0 atom stereocenters. The molecular formula is C32H37N5O3. The summed E-state index contributed by atoms with van der Waals surface area (Å²) in [7, 11) is 2.06. The number of nitrogens with two attached hydrogens (primary N) is 1. The Bertz CT molecular complexity index is 1610. The van der Waals surface area contributed by atoms with Crippen LogP contribution in [0.15, 0.2) is 48.5 Å². The SMILES string of the molecule is Cc1c(NC(=O)CCC(C)C)cccc1-c1ccc(C(N)=O)c2[nH]c3cc(C(=O)N4CCN(C)CC4)ccc3c12. The summed E-state index contributed by atoms with van der Waals surface area (Å²) in [6.45, 7) is 9.28. The molecule has 208 valence electrons. The number of hydrogen-bond acceptors (Lipinski definition) is 4. The van der Waals surface area contributed by atoms with Gasteiger partial charge < -0.3 is 25.8 Å². The van der Waals surface area contributed by atoms with E-state index in [1.165, 1.54) is 0 Å². The Kier molecular flexibility index (Phi) is 7.63. The summed E-state index contributed by atoms with van der Waals surface area (Å²) in [5.74, 6) is -0.0808. The Labute approximate surface area is 234 Å². The van der Waals surface area contributed by atoms with Gasteiger partial charge in [-0.25, -0.2) is 0 Å². The summed E-state index contributed by atoms with van der Waals surface area (Å²) in [5, 5.41) is 4.83. The van der Waals surface area contributed by atoms with E-state index >= 15 is 0 Å². The summed E-state index contributed by atoms with van der Waals surface area (Å²) in [5.41, 5.74) is 11.7. The molecule has 1 fully saturated rings. The van der Waals surface area contributed by atoms with Crippen LogP contribution in [0.1, 0.15) is 53.0 Å². The van der Waals surface area contributed by atoms with Gasteiger partial charge in [-0.05, 0) is 67.3 Å². The van der Waals surface area contributed by atoms with E-state index in [1.807, 2.05) is 54.3 Å². The van der Waals surface area contributed by atoms with Gasteiger partial charge in [-0.15, -0.1) is 0 Å². The lowest BCUT2D eigenvalue weighted by molar-refractivity contribution is -0.116. The first kappa shape index (κ1) is 27.4. The van der Waals surface area contributed by atoms with Crippen molar-refractivity contribution in [3.63, 3.8) is 0 Å². The van der Waals surface area contributed by atoms with Crippen LogP contribution < -0.4 is 11.1 Å². The van der Waals surface area contributed by atoms with Crippen LogP contribution in [-0.4, -0.2) is 65.7 Å². The number of aromatic nitrogens is 1. The second-order valence-corrected chi connectivity index (χ2v) is 11.2. The number of benzene rings is 3. The molecule has 0 saturated carbocycles. The number of carbonyl (C=O) groups excluding carboxylic acids is 3. The number of amides is 3. The number of aromatic amines is 1. The summed E-state index contributed by atoms with van der Waals surface area (Å²) in [4.78, 5) is 45.7. The number of likely N-dealkylation sites (N-methyl/N-ethyl adjacent to an activating group) is 1. The minimum Gasteiger partial charge on any atom is -0.366 e. The summed E-state index contributed by atoms with van der Waals surface area (Å²) < 4.78 is 0. The van der Waals surface area contributed by atoms with Crippen LogP contribution in [0.4, 0.5) is 5.69 Å². The molecule has 0 aliphatic carbocycles. The second kappa shape index (κ2) is 11.1. The fourth-order valence-corrected chi connectivity index (χ4v) is 5.46. The monoisotopic (exact) mass is 539 g/mol. The first-order valence-electron chi connectivity index (χ1n) is 13.9. The Morgan fingerprint density at radius 3 is 2.45 bits per heavy atom. The number of anilines is 1. The highest BCUT2D eigenvalue weighted by atomic mass is 16.2. The number of primary amides is 1. The average molecular weight is 540 g/mol. The van der Waals surface area contributed by atoms with Crippen molar-refractivity contribution < 1.29 is 14.4 Å². The highest BCUT2D eigenvalue weighted by molar-refractivity contribution is 6.20. The lowest BCUT2D eigenvalue weighted by Crippen LogP contribution is -2.47. The molecule has 3 aromatic carbocycles. The van der Waals surface area contributed by atoms with E-state index < -0.39 is 5.91 Å². The van der Waals surface area contributed by atoms with Crippen LogP contribution in [0.5, 0.6) is 0 Å². The van der Waals surface area contributed by atoms with Crippen LogP contribution in [-0.2, 0) is 4.79 Å². The third-order valence-corrected chi connectivity index (χ3v) is 7.90. The maximum absolute atomic E-state index is 13.3. The Morgan fingerprint density at radius 1 is 1.00 bits per heavy atom. The molecule has 8 heteroatoms. The summed E-state index contributed by atoms with van der Waals surface area (Å²) in [6, 6.07) is 15.2. The van der Waals surface area contributed by atoms with Gasteiger partial charge in [0.2, 0.25) is 5.91 Å². The van der Waals surface area contributed by atoms with Crippen LogP contribution in [0.2, 0.25) is 0 Å². The first-order valence-corrected chi connectivity index (χ1v) is 13.9. The molecular weight excluding hydrogens is 502 g/mol. The van der Waals surface area contributed by atoms with E-state index in [0.717, 1.165) is 58.2 Å². The molecule has 2 heterocycles. The Morgan fingerprint density at radius 2 is 1.75 bits per heavy atom. The topological polar surface area (TPSA) is 112 Å². The molecule has 8 nitrogen and oxygen atoms in total. The number of H-pyrrole nitrogens is 1. The number of rotatable bonds is 7. The fourth-order valence-electron chi connectivity index (χ4n) is 5.46. The fraction of sp³-hybridized carbons (Fsp3) is 0.344. The normalized spacial score (nSPS) is 14.3. The van der Waals surface area contributed by atoms with E-state index in [-0.39, 0.29) is 11.8 Å². The third kappa shape index (κ3) is 5.31. The molecule has 1 aliphatic heterocycles. The van der Waals surface area contributed by atoms with Crippen molar-refractivity contribution in [3.8, 4) is 11.1 Å². The molecule has 5 rings (SSSR count). The van der Waals surface area contributed by atoms with Crippen LogP contribution in [0.3, 0.4) is 0 Å². The lowest BCUT2D eigenvalue weighted by atomic mass is 9.93. The standard InChI is InChI=1S/C32H37N5O3/c1-19(2)8-13-28(38)34-26-7-5-6-22(20(26)3)23-11-12-25(31(33)39)30-29(23)24-10-9-21(18-27(24)35-30)32(40)37-16-14-36(4)15-17-37/h5-7,9-12,18-19,35H,8,13-17H2,1-4H3,(H2,33,39)(H,34,38). The van der Waals surface area contributed by atoms with E-state index in [0.29, 0.717) is 42.1 Å². The molecule has 0 unspecified atom stereocenters. The number of fused-ring (bicyclic) bond motifs is 3. The molecule has 1 aliphatic rings. The molecule has 4 aromatic rings. The smallest absolute Gasteiger partial charge is 0.254 e. The molecule has 1 aromatic heterocycles. The Balaban J connectivity index is 1.58. The number of carbonyl (C=O) groups is 3. The number of piperazine rings is 1. The van der Waals surface area contributed by atoms with Crippen molar-refractivity contribution in [1.82, 2.24) is 14.8 Å². The van der Waals surface area contributed by atoms with Crippen molar-refractivity contribution in [2.75, 3.05) is 38.5 Å². The minimum atomic E-state index is -0.528. The van der Waals surface area contributed by atoms with Gasteiger partial charge in [0.1, 0.15) is 0 Å². The number of hydrogen-bond donors (Lipinski definition) is 3. The maximum atomic E-state index is 13.3. The largest absolute Gasteiger partial charge is 0.366 e. The molecule has 3 amide bonds. The molecule has 0 spiro atoms. The van der Waals surface area contributed by atoms with Crippen molar-refractivity contribution in [1.29, 1.82) is 0 Å². The third-order valence-electron chi connectivity index (χ3n) is 7.90. The van der Waals surface area contributed by atoms with Crippen molar-refractivity contribution in [3.05, 3.63) is 65.2 Å². The molecule has 1 saturated heterocycles. The maximum Gasteiger partial charge on any atom is 0.254 e. The van der Waals surface area contributed by atoms with Gasteiger partial charge in [0, 0.05) is 60.1 Å². The van der Waals surface area contributed by atoms with Crippen LogP contribution >= 0.6 is 0 Å². The van der Waals surface area contributed by atoms with Gasteiger partial charge >= 0.3 is 0 Å². The molecule has 40 heavy (non-hydrogen) atoms. The van der Waals surface area contributed by atoms with Gasteiger partial charge in [0.15, 0.2) is 0 Å². The Hall–Kier alpha value is -4.17. The van der Waals surface area contributed by atoms with Crippen molar-refractivity contribution in [2.24, 2.45) is 11.7 Å². The highest BCUT2D eigenvalue weighted by Crippen LogP contribution is 2.39. The van der Waals surface area contributed by atoms with Crippen molar-refractivity contribution in [2.45, 2.75) is 33.6 Å². The highest BCUT2D eigenvalue weighted by Gasteiger charge is 2.23. The van der Waals surface area contributed by atoms with E-state index in [2.05, 4.69) is 36.1 Å². The quantitative estimate of drug-likeness (QED) is 0.301. The van der Waals surface area contributed by atoms with E-state index in [4.69, 9.17) is 5.73 Å². The zero-order valence-electron chi connectivity index (χ0n) is 23.6. The average Bonchev–Trinajstić information content (AvgIpc) is 3.31. The van der Waals surface area contributed by atoms with Gasteiger partial charge in [0.25, 0.3) is 11.8 Å². The molecule has 0 bridgehead atoms. The lowest BCUT2D eigenvalue weighted by Gasteiger charge is -2.32. The predicted molar refractivity (Wildman–Crippen MR) is 161 cm³/mol. The zero-order chi connectivity index (χ0) is 28.6. The molecule has 4 N–H and O–H groups in total. The summed E-state index contributed by atoms with van der Waals surface area (Å²) in [6.07, 6.45) is 1.30. The van der Waals surface area contributed by atoms with Gasteiger partial charge in [0.05, 0.1) is 11.1 Å². The summed E-state index contributed by atoms with van der Waals surface area (Å²) >= 11 is 0. The van der Waals surface area contributed by atoms with Crippen LogP contribution in [0.25, 0.3) is 32.9 Å². The second-order valence-electron chi connectivity index (χ2n) is 11.2. The van der Waals surface area contributed by atoms with E-state index in [9.17, 15) is 14.4 Å². The minimum absolute atomic E-state index is 0.000702. The van der Waals surface area contributed by atoms with Gasteiger partial charge in [-0.1, -0.05) is 38.1 Å². The van der Waals surface area contributed by atoms with Gasteiger partial charge in [-0.3, -0.25) is 14.4 Å². The van der Waals surface area contributed by atoms with Crippen LogP contribution in [0, 0.1) is 12.8 Å².